The third-order valence-electron chi connectivity index (χ3n) is 4.46. The molecule has 6 heteroatoms. The fourth-order valence-corrected chi connectivity index (χ4v) is 3.74. The zero-order valence-electron chi connectivity index (χ0n) is 15.2. The number of nitrogens with zero attached hydrogens (tertiary/aromatic N) is 3. The summed E-state index contributed by atoms with van der Waals surface area (Å²) < 4.78 is 7.16. The van der Waals surface area contributed by atoms with Crippen molar-refractivity contribution in [1.82, 2.24) is 9.78 Å². The van der Waals surface area contributed by atoms with Gasteiger partial charge in [-0.25, -0.2) is 14.5 Å². The summed E-state index contributed by atoms with van der Waals surface area (Å²) in [4.78, 5) is 17.6. The molecule has 2 aromatic heterocycles. The summed E-state index contributed by atoms with van der Waals surface area (Å²) in [7, 11) is 0. The number of benzene rings is 2. The number of thiophene rings is 1. The van der Waals surface area contributed by atoms with Crippen LogP contribution in [0.15, 0.2) is 95.1 Å². The Morgan fingerprint density at radius 2 is 1.69 bits per heavy atom. The van der Waals surface area contributed by atoms with E-state index in [1.54, 1.807) is 10.8 Å². The number of aliphatic imine (C=N–C) groups is 1. The second-order valence-corrected chi connectivity index (χ2v) is 7.34. The van der Waals surface area contributed by atoms with E-state index in [-0.39, 0.29) is 5.70 Å². The summed E-state index contributed by atoms with van der Waals surface area (Å²) in [5.74, 6) is -0.118. The largest absolute Gasteiger partial charge is 0.401 e. The summed E-state index contributed by atoms with van der Waals surface area (Å²) in [6, 6.07) is 23.5. The first-order valence-corrected chi connectivity index (χ1v) is 9.93. The van der Waals surface area contributed by atoms with Crippen molar-refractivity contribution < 1.29 is 9.53 Å². The minimum absolute atomic E-state index is 0.262. The van der Waals surface area contributed by atoms with Crippen LogP contribution in [0.1, 0.15) is 10.4 Å². The molecule has 0 N–H and O–H groups in total. The van der Waals surface area contributed by atoms with Crippen LogP contribution in [0.3, 0.4) is 0 Å². The van der Waals surface area contributed by atoms with Crippen molar-refractivity contribution in [3.05, 3.63) is 101 Å². The fraction of sp³-hybridized carbons (Fsp3) is 0. The van der Waals surface area contributed by atoms with Gasteiger partial charge in [-0.05, 0) is 29.7 Å². The van der Waals surface area contributed by atoms with Gasteiger partial charge in [-0.15, -0.1) is 11.3 Å². The van der Waals surface area contributed by atoms with E-state index in [1.165, 1.54) is 11.3 Å². The van der Waals surface area contributed by atoms with E-state index in [1.807, 2.05) is 84.4 Å². The Hall–Kier alpha value is -3.77. The van der Waals surface area contributed by atoms with Crippen LogP contribution in [0.2, 0.25) is 0 Å². The second-order valence-electron chi connectivity index (χ2n) is 6.39. The first kappa shape index (κ1) is 17.3. The number of carbonyl (C=O) groups excluding carboxylic acids is 1. The molecule has 1 aliphatic heterocycles. The Labute approximate surface area is 171 Å². The summed E-state index contributed by atoms with van der Waals surface area (Å²) in [6.45, 7) is 0. The van der Waals surface area contributed by atoms with Crippen LogP contribution in [0.25, 0.3) is 23.0 Å². The Kier molecular flexibility index (Phi) is 4.38. The number of esters is 1. The number of rotatable bonds is 4. The molecule has 0 spiro atoms. The van der Waals surface area contributed by atoms with Gasteiger partial charge in [0.05, 0.1) is 10.6 Å². The van der Waals surface area contributed by atoms with Crippen LogP contribution in [0, 0.1) is 0 Å². The molecule has 0 amide bonds. The third kappa shape index (κ3) is 3.41. The molecule has 0 saturated carbocycles. The van der Waals surface area contributed by atoms with Gasteiger partial charge in [0.1, 0.15) is 5.69 Å². The maximum Gasteiger partial charge on any atom is 0.363 e. The van der Waals surface area contributed by atoms with Crippen LogP contribution < -0.4 is 0 Å². The van der Waals surface area contributed by atoms with Crippen LogP contribution in [0.4, 0.5) is 0 Å². The Morgan fingerprint density at radius 3 is 2.41 bits per heavy atom. The summed E-state index contributed by atoms with van der Waals surface area (Å²) in [5.41, 5.74) is 3.73. The molecule has 0 bridgehead atoms. The molecule has 0 atom stereocenters. The number of aromatic nitrogens is 2. The van der Waals surface area contributed by atoms with Crippen LogP contribution >= 0.6 is 11.3 Å². The average molecular weight is 397 g/mol. The average Bonchev–Trinajstić information content (AvgIpc) is 3.50. The van der Waals surface area contributed by atoms with E-state index in [4.69, 9.17) is 9.84 Å². The highest BCUT2D eigenvalue weighted by molar-refractivity contribution is 7.12. The standard InChI is InChI=1S/C23H15N3O2S/c27-23-19(24-22(28-23)20-12-7-13-29-20)14-17-15-26(18-10-5-2-6-11-18)25-21(17)16-8-3-1-4-9-16/h1-15H/b19-14-. The van der Waals surface area contributed by atoms with Crippen LogP contribution in [0.5, 0.6) is 0 Å². The number of hydrogen-bond acceptors (Lipinski definition) is 5. The Bertz CT molecular complexity index is 1220. The number of carbonyl (C=O) groups is 1. The maximum atomic E-state index is 12.4. The van der Waals surface area contributed by atoms with Crippen molar-refractivity contribution in [2.24, 2.45) is 4.99 Å². The second kappa shape index (κ2) is 7.33. The quantitative estimate of drug-likeness (QED) is 0.362. The van der Waals surface area contributed by atoms with Gasteiger partial charge in [0.15, 0.2) is 5.70 Å². The van der Waals surface area contributed by atoms with Crippen LogP contribution in [-0.2, 0) is 9.53 Å². The molecule has 5 nitrogen and oxygen atoms in total. The number of hydrogen-bond donors (Lipinski definition) is 0. The van der Waals surface area contributed by atoms with Gasteiger partial charge in [-0.3, -0.25) is 0 Å². The third-order valence-corrected chi connectivity index (χ3v) is 5.31. The van der Waals surface area contributed by atoms with E-state index in [9.17, 15) is 4.79 Å². The van der Waals surface area contributed by atoms with Gasteiger partial charge in [-0.2, -0.15) is 5.10 Å². The van der Waals surface area contributed by atoms with E-state index >= 15 is 0 Å². The number of ether oxygens (including phenoxy) is 1. The molecule has 0 aliphatic carbocycles. The molecule has 0 unspecified atom stereocenters. The van der Waals surface area contributed by atoms with Gasteiger partial charge in [-0.1, -0.05) is 54.6 Å². The molecular formula is C23H15N3O2S. The lowest BCUT2D eigenvalue weighted by Crippen LogP contribution is -2.03. The summed E-state index contributed by atoms with van der Waals surface area (Å²) in [6.07, 6.45) is 3.63. The number of para-hydroxylation sites is 1. The monoisotopic (exact) mass is 397 g/mol. The highest BCUT2D eigenvalue weighted by Gasteiger charge is 2.25. The smallest absolute Gasteiger partial charge is 0.363 e. The van der Waals surface area contributed by atoms with Crippen LogP contribution in [-0.4, -0.2) is 21.6 Å². The van der Waals surface area contributed by atoms with E-state index in [2.05, 4.69) is 4.99 Å². The molecule has 5 rings (SSSR count). The highest BCUT2D eigenvalue weighted by Crippen LogP contribution is 2.28. The topological polar surface area (TPSA) is 56.5 Å². The van der Waals surface area contributed by atoms with Crippen molar-refractivity contribution in [3.63, 3.8) is 0 Å². The van der Waals surface area contributed by atoms with E-state index in [0.29, 0.717) is 5.90 Å². The first-order chi connectivity index (χ1) is 14.3. The SMILES string of the molecule is O=C1OC(c2cccs2)=N/C1=C\c1cn(-c2ccccc2)nc1-c1ccccc1. The number of cyclic esters (lactones) is 1. The minimum Gasteiger partial charge on any atom is -0.401 e. The lowest BCUT2D eigenvalue weighted by molar-refractivity contribution is -0.129. The van der Waals surface area contributed by atoms with Gasteiger partial charge in [0, 0.05) is 17.3 Å². The molecule has 3 heterocycles. The predicted molar refractivity (Wildman–Crippen MR) is 114 cm³/mol. The molecule has 0 radical (unpaired) electrons. The molecule has 1 aliphatic rings. The molecule has 4 aromatic rings. The van der Waals surface area contributed by atoms with Crippen molar-refractivity contribution in [2.75, 3.05) is 0 Å². The Morgan fingerprint density at radius 1 is 0.931 bits per heavy atom. The van der Waals surface area contributed by atoms with Crippen molar-refractivity contribution in [2.45, 2.75) is 0 Å². The predicted octanol–water partition coefficient (Wildman–Crippen LogP) is 4.95. The molecule has 29 heavy (non-hydrogen) atoms. The summed E-state index contributed by atoms with van der Waals surface area (Å²) >= 11 is 1.48. The summed E-state index contributed by atoms with van der Waals surface area (Å²) in [5, 5.41) is 6.68. The van der Waals surface area contributed by atoms with Gasteiger partial charge >= 0.3 is 5.97 Å². The lowest BCUT2D eigenvalue weighted by Gasteiger charge is -2.00. The van der Waals surface area contributed by atoms with Crippen molar-refractivity contribution >= 4 is 29.3 Å². The van der Waals surface area contributed by atoms with Gasteiger partial charge in [0.25, 0.3) is 0 Å². The van der Waals surface area contributed by atoms with Gasteiger partial charge in [0.2, 0.25) is 5.90 Å². The Balaban J connectivity index is 1.61. The zero-order chi connectivity index (χ0) is 19.6. The lowest BCUT2D eigenvalue weighted by atomic mass is 10.1. The molecule has 2 aromatic carbocycles. The zero-order valence-corrected chi connectivity index (χ0v) is 16.0. The fourth-order valence-electron chi connectivity index (χ4n) is 3.09. The maximum absolute atomic E-state index is 12.4. The normalized spacial score (nSPS) is 14.8. The van der Waals surface area contributed by atoms with E-state index < -0.39 is 5.97 Å². The minimum atomic E-state index is -0.458. The molecular weight excluding hydrogens is 382 g/mol. The molecule has 0 fully saturated rings. The van der Waals surface area contributed by atoms with E-state index in [0.717, 1.165) is 27.4 Å². The molecule has 0 saturated heterocycles. The highest BCUT2D eigenvalue weighted by atomic mass is 32.1. The van der Waals surface area contributed by atoms with Crippen molar-refractivity contribution in [1.29, 1.82) is 0 Å². The first-order valence-electron chi connectivity index (χ1n) is 9.05. The van der Waals surface area contributed by atoms with Crippen molar-refractivity contribution in [3.8, 4) is 16.9 Å². The van der Waals surface area contributed by atoms with Gasteiger partial charge < -0.3 is 4.74 Å². The molecule has 140 valence electrons.